The molecule has 0 spiro atoms. The number of carbonyl (C=O) groups is 1. The zero-order valence-corrected chi connectivity index (χ0v) is 12.6. The highest BCUT2D eigenvalue weighted by molar-refractivity contribution is 7.13. The van der Waals surface area contributed by atoms with Gasteiger partial charge in [0, 0.05) is 10.6 Å². The van der Waals surface area contributed by atoms with Crippen molar-refractivity contribution in [1.82, 2.24) is 0 Å². The number of anilines is 3. The zero-order valence-electron chi connectivity index (χ0n) is 11.7. The lowest BCUT2D eigenvalue weighted by Crippen LogP contribution is -2.20. The highest BCUT2D eigenvalue weighted by Gasteiger charge is 2.08. The molecule has 0 radical (unpaired) electrons. The fourth-order valence-electron chi connectivity index (χ4n) is 2.07. The van der Waals surface area contributed by atoms with Crippen LogP contribution in [0.4, 0.5) is 21.9 Å². The molecule has 0 saturated carbocycles. The summed E-state index contributed by atoms with van der Waals surface area (Å²) < 4.78 is 0. The topological polar surface area (TPSA) is 67.1 Å². The van der Waals surface area contributed by atoms with E-state index in [4.69, 9.17) is 5.73 Å². The number of thiophene rings is 1. The van der Waals surface area contributed by atoms with Gasteiger partial charge in [-0.15, -0.1) is 11.3 Å². The second-order valence-electron chi connectivity index (χ2n) is 4.72. The Balaban J connectivity index is 1.77. The largest absolute Gasteiger partial charge is 0.397 e. The average molecular weight is 309 g/mol. The van der Waals surface area contributed by atoms with E-state index < -0.39 is 0 Å². The maximum absolute atomic E-state index is 12.1. The number of rotatable bonds is 3. The first kappa shape index (κ1) is 14.2. The number of para-hydroxylation sites is 1. The van der Waals surface area contributed by atoms with Gasteiger partial charge in [0.2, 0.25) is 0 Å². The zero-order chi connectivity index (χ0) is 15.4. The van der Waals surface area contributed by atoms with Gasteiger partial charge in [-0.05, 0) is 41.3 Å². The summed E-state index contributed by atoms with van der Waals surface area (Å²) in [6, 6.07) is 18.6. The lowest BCUT2D eigenvalue weighted by atomic mass is 10.1. The molecule has 3 aromatic rings. The van der Waals surface area contributed by atoms with Gasteiger partial charge in [0.05, 0.1) is 11.4 Å². The van der Waals surface area contributed by atoms with Gasteiger partial charge in [0.25, 0.3) is 0 Å². The Bertz CT molecular complexity index is 770. The number of carbonyl (C=O) groups excluding carboxylic acids is 1. The van der Waals surface area contributed by atoms with E-state index in [1.165, 1.54) is 0 Å². The molecule has 2 aromatic carbocycles. The second-order valence-corrected chi connectivity index (χ2v) is 5.67. The maximum Gasteiger partial charge on any atom is 0.323 e. The van der Waals surface area contributed by atoms with Crippen molar-refractivity contribution in [2.75, 3.05) is 16.4 Å². The van der Waals surface area contributed by atoms with Crippen molar-refractivity contribution >= 4 is 34.4 Å². The highest BCUT2D eigenvalue weighted by atomic mass is 32.1. The molecule has 1 aromatic heterocycles. The molecule has 3 rings (SSSR count). The molecule has 0 unspecified atom stereocenters. The van der Waals surface area contributed by atoms with Gasteiger partial charge < -0.3 is 16.4 Å². The number of hydrogen-bond donors (Lipinski definition) is 3. The molecular formula is C17H15N3OS. The van der Waals surface area contributed by atoms with Crippen molar-refractivity contribution in [3.8, 4) is 10.4 Å². The van der Waals surface area contributed by atoms with Crippen molar-refractivity contribution in [2.24, 2.45) is 0 Å². The van der Waals surface area contributed by atoms with Crippen LogP contribution in [0.25, 0.3) is 10.4 Å². The lowest BCUT2D eigenvalue weighted by Gasteiger charge is -2.11. The van der Waals surface area contributed by atoms with Crippen LogP contribution < -0.4 is 16.4 Å². The lowest BCUT2D eigenvalue weighted by molar-refractivity contribution is 0.262. The van der Waals surface area contributed by atoms with Gasteiger partial charge in [0.15, 0.2) is 0 Å². The van der Waals surface area contributed by atoms with Crippen molar-refractivity contribution in [2.45, 2.75) is 0 Å². The fourth-order valence-corrected chi connectivity index (χ4v) is 2.79. The molecule has 0 fully saturated rings. The smallest absolute Gasteiger partial charge is 0.323 e. The standard InChI is InChI=1S/C17H15N3OS/c18-14-9-8-12(16-7-4-10-22-16)11-15(14)20-17(21)19-13-5-2-1-3-6-13/h1-11H,18H2,(H2,19,20,21). The molecule has 0 atom stereocenters. The Hall–Kier alpha value is -2.79. The molecule has 4 nitrogen and oxygen atoms in total. The first-order valence-corrected chi connectivity index (χ1v) is 7.67. The number of amides is 2. The van der Waals surface area contributed by atoms with Crippen LogP contribution in [-0.4, -0.2) is 6.03 Å². The molecule has 0 aliphatic rings. The summed E-state index contributed by atoms with van der Waals surface area (Å²) in [5.41, 5.74) is 8.83. The quantitative estimate of drug-likeness (QED) is 0.617. The van der Waals surface area contributed by atoms with E-state index in [9.17, 15) is 4.79 Å². The highest BCUT2D eigenvalue weighted by Crippen LogP contribution is 2.30. The molecule has 22 heavy (non-hydrogen) atoms. The Morgan fingerprint density at radius 3 is 2.50 bits per heavy atom. The van der Waals surface area contributed by atoms with Crippen molar-refractivity contribution in [3.63, 3.8) is 0 Å². The summed E-state index contributed by atoms with van der Waals surface area (Å²) in [4.78, 5) is 13.2. The first-order chi connectivity index (χ1) is 10.7. The Morgan fingerprint density at radius 2 is 1.77 bits per heavy atom. The van der Waals surface area contributed by atoms with E-state index in [0.717, 1.165) is 16.1 Å². The number of hydrogen-bond acceptors (Lipinski definition) is 3. The first-order valence-electron chi connectivity index (χ1n) is 6.79. The number of nitrogens with one attached hydrogen (secondary N) is 2. The van der Waals surface area contributed by atoms with Gasteiger partial charge >= 0.3 is 6.03 Å². The predicted octanol–water partition coefficient (Wildman–Crippen LogP) is 4.64. The monoisotopic (exact) mass is 309 g/mol. The fraction of sp³-hybridized carbons (Fsp3) is 0. The van der Waals surface area contributed by atoms with Crippen LogP contribution in [0.15, 0.2) is 66.0 Å². The number of nitrogens with two attached hydrogens (primary N) is 1. The summed E-state index contributed by atoms with van der Waals surface area (Å²) in [6.45, 7) is 0. The van der Waals surface area contributed by atoms with Crippen LogP contribution in [0, 0.1) is 0 Å². The van der Waals surface area contributed by atoms with Gasteiger partial charge in [-0.1, -0.05) is 30.3 Å². The molecule has 0 aliphatic carbocycles. The summed E-state index contributed by atoms with van der Waals surface area (Å²) in [6.07, 6.45) is 0. The van der Waals surface area contributed by atoms with Crippen molar-refractivity contribution in [3.05, 3.63) is 66.0 Å². The minimum absolute atomic E-state index is 0.318. The molecular weight excluding hydrogens is 294 g/mol. The van der Waals surface area contributed by atoms with Crippen LogP contribution in [0.5, 0.6) is 0 Å². The van der Waals surface area contributed by atoms with Gasteiger partial charge in [-0.3, -0.25) is 0 Å². The summed E-state index contributed by atoms with van der Waals surface area (Å²) in [5, 5.41) is 7.57. The molecule has 0 bridgehead atoms. The van der Waals surface area contributed by atoms with E-state index in [0.29, 0.717) is 11.4 Å². The molecule has 110 valence electrons. The molecule has 5 heteroatoms. The summed E-state index contributed by atoms with van der Waals surface area (Å²) >= 11 is 1.64. The number of nitrogen functional groups attached to an aromatic ring is 1. The molecule has 0 saturated heterocycles. The molecule has 0 aliphatic heterocycles. The van der Waals surface area contributed by atoms with E-state index >= 15 is 0 Å². The summed E-state index contributed by atoms with van der Waals surface area (Å²) in [5.74, 6) is 0. The number of benzene rings is 2. The third-order valence-electron chi connectivity index (χ3n) is 3.14. The SMILES string of the molecule is Nc1ccc(-c2cccs2)cc1NC(=O)Nc1ccccc1. The summed E-state index contributed by atoms with van der Waals surface area (Å²) in [7, 11) is 0. The van der Waals surface area contributed by atoms with E-state index in [-0.39, 0.29) is 6.03 Å². The third kappa shape index (κ3) is 3.27. The van der Waals surface area contributed by atoms with Gasteiger partial charge in [-0.25, -0.2) is 4.79 Å². The molecule has 4 N–H and O–H groups in total. The van der Waals surface area contributed by atoms with Crippen LogP contribution in [0.2, 0.25) is 0 Å². The Kier molecular flexibility index (Phi) is 4.07. The number of urea groups is 1. The normalized spacial score (nSPS) is 10.2. The van der Waals surface area contributed by atoms with Gasteiger partial charge in [0.1, 0.15) is 0 Å². The van der Waals surface area contributed by atoms with Crippen molar-refractivity contribution < 1.29 is 4.79 Å². The third-order valence-corrected chi connectivity index (χ3v) is 4.06. The minimum Gasteiger partial charge on any atom is -0.397 e. The average Bonchev–Trinajstić information content (AvgIpc) is 3.05. The van der Waals surface area contributed by atoms with Gasteiger partial charge in [-0.2, -0.15) is 0 Å². The van der Waals surface area contributed by atoms with Crippen molar-refractivity contribution in [1.29, 1.82) is 0 Å². The Morgan fingerprint density at radius 1 is 0.955 bits per heavy atom. The van der Waals surface area contributed by atoms with Crippen LogP contribution in [0.1, 0.15) is 0 Å². The van der Waals surface area contributed by atoms with E-state index in [1.807, 2.05) is 60.0 Å². The predicted molar refractivity (Wildman–Crippen MR) is 93.3 cm³/mol. The van der Waals surface area contributed by atoms with Crippen LogP contribution in [0.3, 0.4) is 0 Å². The second kappa shape index (κ2) is 6.32. The molecule has 1 heterocycles. The maximum atomic E-state index is 12.1. The Labute approximate surface area is 132 Å². The van der Waals surface area contributed by atoms with Crippen LogP contribution in [-0.2, 0) is 0 Å². The van der Waals surface area contributed by atoms with Crippen LogP contribution >= 0.6 is 11.3 Å². The molecule has 2 amide bonds. The minimum atomic E-state index is -0.318. The van der Waals surface area contributed by atoms with E-state index in [2.05, 4.69) is 10.6 Å². The van der Waals surface area contributed by atoms with E-state index in [1.54, 1.807) is 17.4 Å².